The van der Waals surface area contributed by atoms with Crippen LogP contribution in [0.25, 0.3) is 11.4 Å². The van der Waals surface area contributed by atoms with E-state index in [9.17, 15) is 4.79 Å². The molecule has 0 unspecified atom stereocenters. The zero-order chi connectivity index (χ0) is 21.0. The predicted molar refractivity (Wildman–Crippen MR) is 114 cm³/mol. The number of ether oxygens (including phenoxy) is 2. The molecule has 152 valence electrons. The molecule has 3 aromatic rings. The average molecular weight is 414 g/mol. The Kier molecular flexibility index (Phi) is 6.28. The first-order valence-electron chi connectivity index (χ1n) is 8.85. The van der Waals surface area contributed by atoms with Crippen LogP contribution < -0.4 is 20.6 Å². The highest BCUT2D eigenvalue weighted by Gasteiger charge is 2.16. The van der Waals surface area contributed by atoms with Gasteiger partial charge in [-0.2, -0.15) is 0 Å². The number of nitrogen functional groups attached to an aromatic ring is 1. The number of hydrogen-bond acceptors (Lipinski definition) is 7. The van der Waals surface area contributed by atoms with Crippen LogP contribution in [0.3, 0.4) is 0 Å². The lowest BCUT2D eigenvalue weighted by Crippen LogP contribution is -2.17. The smallest absolute Gasteiger partial charge is 0.234 e. The van der Waals surface area contributed by atoms with Gasteiger partial charge >= 0.3 is 0 Å². The van der Waals surface area contributed by atoms with Crippen LogP contribution in [0.5, 0.6) is 11.5 Å². The molecule has 1 heterocycles. The summed E-state index contributed by atoms with van der Waals surface area (Å²) in [4.78, 5) is 12.3. The Bertz CT molecular complexity index is 1030. The van der Waals surface area contributed by atoms with Crippen molar-refractivity contribution >= 4 is 23.4 Å². The van der Waals surface area contributed by atoms with Crippen molar-refractivity contribution in [3.63, 3.8) is 0 Å². The fraction of sp³-hybridized carbons (Fsp3) is 0.250. The molecule has 0 aliphatic rings. The molecular weight excluding hydrogens is 390 g/mol. The quantitative estimate of drug-likeness (QED) is 0.453. The first-order valence-corrected chi connectivity index (χ1v) is 9.84. The number of aromatic nitrogens is 3. The van der Waals surface area contributed by atoms with Crippen LogP contribution in [-0.2, 0) is 4.79 Å². The summed E-state index contributed by atoms with van der Waals surface area (Å²) in [5, 5.41) is 11.6. The lowest BCUT2D eigenvalue weighted by molar-refractivity contribution is -0.113. The van der Waals surface area contributed by atoms with E-state index < -0.39 is 0 Å². The molecule has 2 aromatic carbocycles. The molecule has 0 spiro atoms. The van der Waals surface area contributed by atoms with E-state index in [0.717, 1.165) is 22.4 Å². The van der Waals surface area contributed by atoms with Gasteiger partial charge in [-0.1, -0.05) is 29.5 Å². The summed E-state index contributed by atoms with van der Waals surface area (Å²) in [7, 11) is 3.13. The van der Waals surface area contributed by atoms with Gasteiger partial charge in [-0.15, -0.1) is 10.2 Å². The number of thioether (sulfide) groups is 1. The predicted octanol–water partition coefficient (Wildman–Crippen LogP) is 3.02. The third kappa shape index (κ3) is 4.62. The highest BCUT2D eigenvalue weighted by atomic mass is 32.2. The number of benzene rings is 2. The van der Waals surface area contributed by atoms with E-state index in [0.29, 0.717) is 22.5 Å². The minimum atomic E-state index is -0.141. The number of methoxy groups -OCH3 is 2. The Morgan fingerprint density at radius 1 is 1.10 bits per heavy atom. The van der Waals surface area contributed by atoms with Gasteiger partial charge in [0.1, 0.15) is 0 Å². The SMILES string of the molecule is COc1ccc(-c2nnc(SCC(=O)Nc3ccc(C)cc3C)n2N)cc1OC. The fourth-order valence-corrected chi connectivity index (χ4v) is 3.47. The number of hydrogen-bond donors (Lipinski definition) is 2. The standard InChI is InChI=1S/C20H23N5O3S/c1-12-5-7-15(13(2)9-12)22-18(26)11-29-20-24-23-19(25(20)21)14-6-8-16(27-3)17(10-14)28-4/h5-10H,11,21H2,1-4H3,(H,22,26). The maximum absolute atomic E-state index is 12.3. The lowest BCUT2D eigenvalue weighted by Gasteiger charge is -2.10. The Balaban J connectivity index is 1.69. The van der Waals surface area contributed by atoms with Crippen LogP contribution in [0.2, 0.25) is 0 Å². The summed E-state index contributed by atoms with van der Waals surface area (Å²) in [5.41, 5.74) is 3.68. The van der Waals surface area contributed by atoms with Gasteiger partial charge in [-0.25, -0.2) is 4.68 Å². The molecule has 3 rings (SSSR count). The summed E-state index contributed by atoms with van der Waals surface area (Å²) in [5.74, 6) is 7.80. The van der Waals surface area contributed by atoms with E-state index in [1.54, 1.807) is 26.4 Å². The number of aryl methyl sites for hydroxylation is 2. The molecule has 1 amide bonds. The van der Waals surface area contributed by atoms with Gasteiger partial charge in [0, 0.05) is 11.3 Å². The average Bonchev–Trinajstić information content (AvgIpc) is 3.08. The molecule has 3 N–H and O–H groups in total. The molecule has 0 bridgehead atoms. The minimum Gasteiger partial charge on any atom is -0.493 e. The Morgan fingerprint density at radius 3 is 2.55 bits per heavy atom. The topological polar surface area (TPSA) is 104 Å². The fourth-order valence-electron chi connectivity index (χ4n) is 2.82. The highest BCUT2D eigenvalue weighted by Crippen LogP contribution is 2.32. The van der Waals surface area contributed by atoms with Crippen molar-refractivity contribution in [2.45, 2.75) is 19.0 Å². The van der Waals surface area contributed by atoms with Crippen molar-refractivity contribution in [3.8, 4) is 22.9 Å². The Morgan fingerprint density at radius 2 is 1.86 bits per heavy atom. The number of amides is 1. The van der Waals surface area contributed by atoms with Crippen molar-refractivity contribution in [1.82, 2.24) is 14.9 Å². The van der Waals surface area contributed by atoms with E-state index in [1.807, 2.05) is 38.1 Å². The lowest BCUT2D eigenvalue weighted by atomic mass is 10.1. The van der Waals surface area contributed by atoms with Crippen LogP contribution >= 0.6 is 11.8 Å². The minimum absolute atomic E-state index is 0.141. The van der Waals surface area contributed by atoms with Gasteiger partial charge in [0.15, 0.2) is 17.3 Å². The van der Waals surface area contributed by atoms with Gasteiger partial charge in [0.05, 0.1) is 20.0 Å². The number of anilines is 1. The van der Waals surface area contributed by atoms with Crippen LogP contribution in [0.1, 0.15) is 11.1 Å². The van der Waals surface area contributed by atoms with Gasteiger partial charge < -0.3 is 20.6 Å². The molecule has 0 atom stereocenters. The zero-order valence-corrected chi connectivity index (χ0v) is 17.5. The van der Waals surface area contributed by atoms with Crippen LogP contribution in [0.4, 0.5) is 5.69 Å². The van der Waals surface area contributed by atoms with Crippen molar-refractivity contribution in [3.05, 3.63) is 47.5 Å². The summed E-state index contributed by atoms with van der Waals surface area (Å²) < 4.78 is 11.9. The van der Waals surface area contributed by atoms with Crippen LogP contribution in [0, 0.1) is 13.8 Å². The van der Waals surface area contributed by atoms with E-state index in [-0.39, 0.29) is 11.7 Å². The summed E-state index contributed by atoms with van der Waals surface area (Å²) >= 11 is 1.21. The van der Waals surface area contributed by atoms with Crippen LogP contribution in [-0.4, -0.2) is 40.8 Å². The number of nitrogens with two attached hydrogens (primary N) is 1. The second-order valence-electron chi connectivity index (χ2n) is 6.40. The Hall–Kier alpha value is -3.20. The molecule has 9 heteroatoms. The molecule has 1 aromatic heterocycles. The maximum atomic E-state index is 12.3. The molecule has 0 radical (unpaired) electrons. The van der Waals surface area contributed by atoms with E-state index in [2.05, 4.69) is 15.5 Å². The zero-order valence-electron chi connectivity index (χ0n) is 16.7. The Labute approximate surface area is 173 Å². The van der Waals surface area contributed by atoms with E-state index >= 15 is 0 Å². The first-order chi connectivity index (χ1) is 13.9. The largest absolute Gasteiger partial charge is 0.493 e. The molecule has 0 saturated heterocycles. The molecule has 29 heavy (non-hydrogen) atoms. The summed E-state index contributed by atoms with van der Waals surface area (Å²) in [6, 6.07) is 11.2. The van der Waals surface area contributed by atoms with Crippen LogP contribution in [0.15, 0.2) is 41.6 Å². The molecule has 0 aliphatic heterocycles. The third-order valence-corrected chi connectivity index (χ3v) is 5.24. The molecule has 8 nitrogen and oxygen atoms in total. The number of rotatable bonds is 7. The third-order valence-electron chi connectivity index (χ3n) is 4.29. The number of carbonyl (C=O) groups is 1. The molecular formula is C20H23N5O3S. The van der Waals surface area contributed by atoms with Gasteiger partial charge in [0.2, 0.25) is 11.1 Å². The molecule has 0 fully saturated rings. The van der Waals surface area contributed by atoms with Crippen molar-refractivity contribution in [2.75, 3.05) is 31.1 Å². The number of nitrogens with one attached hydrogen (secondary N) is 1. The second kappa shape index (κ2) is 8.87. The summed E-state index contributed by atoms with van der Waals surface area (Å²) in [6.45, 7) is 3.97. The normalized spacial score (nSPS) is 10.6. The summed E-state index contributed by atoms with van der Waals surface area (Å²) in [6.07, 6.45) is 0. The number of carbonyl (C=O) groups excluding carboxylic acids is 1. The van der Waals surface area contributed by atoms with Crippen molar-refractivity contribution in [1.29, 1.82) is 0 Å². The molecule has 0 saturated carbocycles. The molecule has 0 aliphatic carbocycles. The van der Waals surface area contributed by atoms with Gasteiger partial charge in [0.25, 0.3) is 0 Å². The highest BCUT2D eigenvalue weighted by molar-refractivity contribution is 7.99. The number of nitrogens with zero attached hydrogens (tertiary/aromatic N) is 3. The van der Waals surface area contributed by atoms with E-state index in [4.69, 9.17) is 15.3 Å². The van der Waals surface area contributed by atoms with Gasteiger partial charge in [-0.05, 0) is 43.7 Å². The second-order valence-corrected chi connectivity index (χ2v) is 7.34. The van der Waals surface area contributed by atoms with Gasteiger partial charge in [-0.3, -0.25) is 4.79 Å². The monoisotopic (exact) mass is 413 g/mol. The first kappa shape index (κ1) is 20.5. The van der Waals surface area contributed by atoms with E-state index in [1.165, 1.54) is 16.4 Å². The maximum Gasteiger partial charge on any atom is 0.234 e. The van der Waals surface area contributed by atoms with Crippen molar-refractivity contribution in [2.24, 2.45) is 0 Å². The van der Waals surface area contributed by atoms with Crippen molar-refractivity contribution < 1.29 is 14.3 Å².